The zero-order valence-electron chi connectivity index (χ0n) is 16.2. The molecular weight excluding hydrogens is 376 g/mol. The zero-order valence-corrected chi connectivity index (χ0v) is 17.0. The third-order valence-corrected chi connectivity index (χ3v) is 6.57. The maximum Gasteiger partial charge on any atom is 0.279 e. The van der Waals surface area contributed by atoms with Gasteiger partial charge in [-0.15, -0.1) is 0 Å². The Balaban J connectivity index is 1.30. The van der Waals surface area contributed by atoms with E-state index in [0.29, 0.717) is 31.4 Å². The van der Waals surface area contributed by atoms with Gasteiger partial charge in [0.05, 0.1) is 5.52 Å². The fraction of sp³-hybridized carbons (Fsp3) is 0.579. The topological polar surface area (TPSA) is 113 Å². The van der Waals surface area contributed by atoms with Crippen LogP contribution in [0, 0.1) is 0 Å². The van der Waals surface area contributed by atoms with Crippen molar-refractivity contribution in [3.8, 4) is 0 Å². The molecule has 1 fully saturated rings. The summed E-state index contributed by atoms with van der Waals surface area (Å²) in [6, 6.07) is 7.68. The molecule has 2 aromatic rings. The molecule has 4 N–H and O–H groups in total. The Morgan fingerprint density at radius 3 is 2.46 bits per heavy atom. The van der Waals surface area contributed by atoms with Gasteiger partial charge < -0.3 is 11.1 Å². The number of benzene rings is 1. The van der Waals surface area contributed by atoms with Crippen LogP contribution in [-0.4, -0.2) is 48.9 Å². The molecule has 0 atom stereocenters. The van der Waals surface area contributed by atoms with E-state index >= 15 is 0 Å². The van der Waals surface area contributed by atoms with Crippen LogP contribution in [0.2, 0.25) is 0 Å². The number of rotatable bonds is 10. The van der Waals surface area contributed by atoms with Crippen molar-refractivity contribution in [2.24, 2.45) is 0 Å². The average Bonchev–Trinajstić information content (AvgIpc) is 2.71. The Bertz CT molecular complexity index is 868. The predicted octanol–water partition coefficient (Wildman–Crippen LogP) is 2.50. The summed E-state index contributed by atoms with van der Waals surface area (Å²) in [6.07, 6.45) is 6.84. The average molecular weight is 407 g/mol. The first-order valence-corrected chi connectivity index (χ1v) is 11.5. The molecule has 0 spiro atoms. The van der Waals surface area contributed by atoms with Crippen molar-refractivity contribution in [2.45, 2.75) is 44.9 Å². The van der Waals surface area contributed by atoms with E-state index < -0.39 is 10.2 Å². The maximum atomic E-state index is 12.2. The summed E-state index contributed by atoms with van der Waals surface area (Å²) in [6.45, 7) is 2.54. The van der Waals surface area contributed by atoms with Crippen molar-refractivity contribution >= 4 is 32.9 Å². The van der Waals surface area contributed by atoms with Gasteiger partial charge in [-0.1, -0.05) is 31.4 Å². The summed E-state index contributed by atoms with van der Waals surface area (Å²) < 4.78 is 28.6. The largest absolute Gasteiger partial charge is 0.383 e. The molecule has 0 bridgehead atoms. The maximum absolute atomic E-state index is 12.2. The van der Waals surface area contributed by atoms with Crippen LogP contribution in [0.25, 0.3) is 10.9 Å². The molecule has 0 aliphatic carbocycles. The van der Waals surface area contributed by atoms with Crippen molar-refractivity contribution in [3.05, 3.63) is 24.3 Å². The van der Waals surface area contributed by atoms with Crippen molar-refractivity contribution < 1.29 is 8.42 Å². The molecule has 1 saturated heterocycles. The summed E-state index contributed by atoms with van der Waals surface area (Å²) in [7, 11) is -3.30. The van der Waals surface area contributed by atoms with Gasteiger partial charge in [-0.2, -0.15) is 17.7 Å². The molecule has 8 nitrogen and oxygen atoms in total. The standard InChI is InChI=1S/C19H30N6O2S/c20-18-16-10-4-5-11-17(16)23-19(24-18)21-12-6-1-2-7-13-22-28(26,27)25-14-8-3-9-15-25/h4-5,10-11,22H,1-3,6-9,12-15H2,(H3,20,21,23,24). The van der Waals surface area contributed by atoms with Crippen LogP contribution in [0.3, 0.4) is 0 Å². The minimum Gasteiger partial charge on any atom is -0.383 e. The lowest BCUT2D eigenvalue weighted by atomic mass is 10.2. The summed E-state index contributed by atoms with van der Waals surface area (Å²) in [5, 5.41) is 4.08. The molecule has 0 amide bonds. The van der Waals surface area contributed by atoms with E-state index in [1.807, 2.05) is 24.3 Å². The molecule has 1 aromatic heterocycles. The highest BCUT2D eigenvalue weighted by atomic mass is 32.2. The quantitative estimate of drug-likeness (QED) is 0.523. The lowest BCUT2D eigenvalue weighted by molar-refractivity contribution is 0.341. The minimum atomic E-state index is -3.30. The van der Waals surface area contributed by atoms with Crippen LogP contribution in [0.5, 0.6) is 0 Å². The summed E-state index contributed by atoms with van der Waals surface area (Å²) in [5.74, 6) is 1.03. The molecular formula is C19H30N6O2S. The fourth-order valence-electron chi connectivity index (χ4n) is 3.38. The van der Waals surface area contributed by atoms with E-state index in [-0.39, 0.29) is 0 Å². The number of piperidine rings is 1. The van der Waals surface area contributed by atoms with Gasteiger partial charge in [-0.25, -0.2) is 9.71 Å². The molecule has 2 heterocycles. The minimum absolute atomic E-state index is 0.481. The number of nitrogens with one attached hydrogen (secondary N) is 2. The molecule has 0 radical (unpaired) electrons. The van der Waals surface area contributed by atoms with Crippen molar-refractivity contribution in [1.82, 2.24) is 19.0 Å². The van der Waals surface area contributed by atoms with E-state index in [4.69, 9.17) is 5.73 Å². The molecule has 1 aliphatic heterocycles. The molecule has 3 rings (SSSR count). The van der Waals surface area contributed by atoms with Crippen molar-refractivity contribution in [1.29, 1.82) is 0 Å². The number of aromatic nitrogens is 2. The summed E-state index contributed by atoms with van der Waals surface area (Å²) in [4.78, 5) is 8.77. The van der Waals surface area contributed by atoms with Crippen molar-refractivity contribution in [3.63, 3.8) is 0 Å². The Morgan fingerprint density at radius 1 is 0.964 bits per heavy atom. The highest BCUT2D eigenvalue weighted by Gasteiger charge is 2.22. The van der Waals surface area contributed by atoms with Gasteiger partial charge in [0, 0.05) is 31.6 Å². The molecule has 9 heteroatoms. The Hall–Kier alpha value is -1.97. The third kappa shape index (κ3) is 5.76. The number of nitrogen functional groups attached to an aromatic ring is 1. The van der Waals surface area contributed by atoms with E-state index in [9.17, 15) is 8.42 Å². The van der Waals surface area contributed by atoms with E-state index in [1.54, 1.807) is 4.31 Å². The van der Waals surface area contributed by atoms with Crippen LogP contribution in [0.4, 0.5) is 11.8 Å². The SMILES string of the molecule is Nc1nc(NCCCCCCNS(=O)(=O)N2CCCCC2)nc2ccccc12. The summed E-state index contributed by atoms with van der Waals surface area (Å²) >= 11 is 0. The third-order valence-electron chi connectivity index (χ3n) is 4.96. The Morgan fingerprint density at radius 2 is 1.68 bits per heavy atom. The second-order valence-corrected chi connectivity index (χ2v) is 8.90. The molecule has 0 unspecified atom stereocenters. The number of fused-ring (bicyclic) bond motifs is 1. The molecule has 0 saturated carbocycles. The van der Waals surface area contributed by atoms with E-state index in [1.165, 1.54) is 0 Å². The van der Waals surface area contributed by atoms with Crippen LogP contribution in [0.1, 0.15) is 44.9 Å². The van der Waals surface area contributed by atoms with Gasteiger partial charge in [0.15, 0.2) is 0 Å². The smallest absolute Gasteiger partial charge is 0.279 e. The lowest BCUT2D eigenvalue weighted by Crippen LogP contribution is -2.43. The number of nitrogens with zero attached hydrogens (tertiary/aromatic N) is 3. The summed E-state index contributed by atoms with van der Waals surface area (Å²) in [5.41, 5.74) is 6.81. The highest BCUT2D eigenvalue weighted by Crippen LogP contribution is 2.19. The van der Waals surface area contributed by atoms with Crippen LogP contribution in [-0.2, 0) is 10.2 Å². The van der Waals surface area contributed by atoms with E-state index in [2.05, 4.69) is 20.0 Å². The predicted molar refractivity (Wildman–Crippen MR) is 113 cm³/mol. The first kappa shape index (κ1) is 20.8. The first-order chi connectivity index (χ1) is 13.6. The molecule has 28 heavy (non-hydrogen) atoms. The van der Waals surface area contributed by atoms with E-state index in [0.717, 1.165) is 62.4 Å². The fourth-order valence-corrected chi connectivity index (χ4v) is 4.71. The Labute approximate surface area is 167 Å². The van der Waals surface area contributed by atoms with Gasteiger partial charge >= 0.3 is 0 Å². The monoisotopic (exact) mass is 406 g/mol. The second kappa shape index (κ2) is 9.99. The highest BCUT2D eigenvalue weighted by molar-refractivity contribution is 7.87. The zero-order chi connectivity index (χ0) is 19.8. The molecule has 1 aromatic carbocycles. The number of unbranched alkanes of at least 4 members (excludes halogenated alkanes) is 3. The second-order valence-electron chi connectivity index (χ2n) is 7.15. The molecule has 1 aliphatic rings. The number of hydrogen-bond donors (Lipinski definition) is 3. The number of nitrogens with two attached hydrogens (primary N) is 1. The normalized spacial score (nSPS) is 15.7. The number of para-hydroxylation sites is 1. The van der Waals surface area contributed by atoms with Gasteiger partial charge in [-0.05, 0) is 37.8 Å². The van der Waals surface area contributed by atoms with Crippen molar-refractivity contribution in [2.75, 3.05) is 37.2 Å². The van der Waals surface area contributed by atoms with Gasteiger partial charge in [0.25, 0.3) is 10.2 Å². The van der Waals surface area contributed by atoms with Crippen LogP contribution in [0.15, 0.2) is 24.3 Å². The van der Waals surface area contributed by atoms with Gasteiger partial charge in [-0.3, -0.25) is 0 Å². The van der Waals surface area contributed by atoms with Crippen LogP contribution < -0.4 is 15.8 Å². The van der Waals surface area contributed by atoms with Crippen LogP contribution >= 0.6 is 0 Å². The van der Waals surface area contributed by atoms with Gasteiger partial charge in [0.2, 0.25) is 5.95 Å². The molecule has 154 valence electrons. The number of anilines is 2. The number of hydrogen-bond acceptors (Lipinski definition) is 6. The lowest BCUT2D eigenvalue weighted by Gasteiger charge is -2.25. The first-order valence-electron chi connectivity index (χ1n) is 10.1. The van der Waals surface area contributed by atoms with Gasteiger partial charge in [0.1, 0.15) is 5.82 Å². The Kier molecular flexibility index (Phi) is 7.41.